The van der Waals surface area contributed by atoms with Crippen LogP contribution in [0.4, 0.5) is 5.82 Å². The number of halogens is 1. The third kappa shape index (κ3) is 4.43. The summed E-state index contributed by atoms with van der Waals surface area (Å²) in [5, 5.41) is 5.36. The average Bonchev–Trinajstić information content (AvgIpc) is 3.17. The van der Waals surface area contributed by atoms with E-state index in [0.29, 0.717) is 18.1 Å². The van der Waals surface area contributed by atoms with E-state index in [2.05, 4.69) is 21.9 Å². The van der Waals surface area contributed by atoms with Crippen LogP contribution in [0.2, 0.25) is 5.02 Å². The fourth-order valence-electron chi connectivity index (χ4n) is 3.62. The van der Waals surface area contributed by atoms with E-state index in [1.165, 1.54) is 0 Å². The third-order valence-corrected chi connectivity index (χ3v) is 5.47. The highest BCUT2D eigenvalue weighted by molar-refractivity contribution is 6.30. The van der Waals surface area contributed by atoms with Crippen molar-refractivity contribution in [1.29, 1.82) is 0 Å². The van der Waals surface area contributed by atoms with Gasteiger partial charge in [-0.15, -0.1) is 0 Å². The van der Waals surface area contributed by atoms with Crippen LogP contribution in [0.3, 0.4) is 0 Å². The van der Waals surface area contributed by atoms with Crippen LogP contribution in [-0.4, -0.2) is 51.8 Å². The van der Waals surface area contributed by atoms with Crippen LogP contribution in [0.5, 0.6) is 0 Å². The molecule has 1 aliphatic rings. The summed E-state index contributed by atoms with van der Waals surface area (Å²) in [6.07, 6.45) is 2.61. The summed E-state index contributed by atoms with van der Waals surface area (Å²) < 4.78 is 1.82. The number of aryl methyl sites for hydroxylation is 1. The Morgan fingerprint density at radius 2 is 1.90 bits per heavy atom. The molecule has 1 fully saturated rings. The van der Waals surface area contributed by atoms with Gasteiger partial charge >= 0.3 is 0 Å². The molecule has 4 rings (SSSR count). The largest absolute Gasteiger partial charge is 0.353 e. The first-order valence-corrected chi connectivity index (χ1v) is 10.3. The molecule has 0 saturated carbocycles. The van der Waals surface area contributed by atoms with Crippen molar-refractivity contribution in [3.63, 3.8) is 0 Å². The van der Waals surface area contributed by atoms with Crippen LogP contribution in [-0.2, 0) is 17.8 Å². The maximum absolute atomic E-state index is 12.9. The van der Waals surface area contributed by atoms with Crippen LogP contribution in [0.1, 0.15) is 12.6 Å². The first-order valence-electron chi connectivity index (χ1n) is 9.90. The molecule has 1 amide bonds. The van der Waals surface area contributed by atoms with Gasteiger partial charge in [-0.05, 0) is 36.8 Å². The fourth-order valence-corrected chi connectivity index (χ4v) is 3.81. The Labute approximate surface area is 175 Å². The molecule has 0 atom stereocenters. The molecule has 0 spiro atoms. The van der Waals surface area contributed by atoms with Crippen LogP contribution < -0.4 is 4.90 Å². The summed E-state index contributed by atoms with van der Waals surface area (Å²) >= 11 is 6.11. The summed E-state index contributed by atoms with van der Waals surface area (Å²) in [5.74, 6) is 1.06. The van der Waals surface area contributed by atoms with Crippen molar-refractivity contribution in [2.45, 2.75) is 19.9 Å². The zero-order valence-electron chi connectivity index (χ0n) is 16.5. The SMILES string of the molecule is CCc1cc(-c2cccc(Cl)c2)nn1CC(=O)N1CCN(c2ccccn2)CC1. The summed E-state index contributed by atoms with van der Waals surface area (Å²) in [6, 6.07) is 15.6. The predicted molar refractivity (Wildman–Crippen MR) is 115 cm³/mol. The average molecular weight is 410 g/mol. The monoisotopic (exact) mass is 409 g/mol. The fraction of sp³-hybridized carbons (Fsp3) is 0.318. The van der Waals surface area contributed by atoms with Gasteiger partial charge in [-0.3, -0.25) is 9.48 Å². The first kappa shape index (κ1) is 19.5. The summed E-state index contributed by atoms with van der Waals surface area (Å²) in [4.78, 5) is 21.4. The molecule has 3 aromatic rings. The van der Waals surface area contributed by atoms with E-state index in [4.69, 9.17) is 11.6 Å². The van der Waals surface area contributed by atoms with E-state index in [1.54, 1.807) is 6.20 Å². The summed E-state index contributed by atoms with van der Waals surface area (Å²) in [6.45, 7) is 5.30. The lowest BCUT2D eigenvalue weighted by molar-refractivity contribution is -0.132. The molecule has 1 aromatic carbocycles. The Morgan fingerprint density at radius 1 is 1.07 bits per heavy atom. The molecule has 0 unspecified atom stereocenters. The lowest BCUT2D eigenvalue weighted by atomic mass is 10.1. The van der Waals surface area contributed by atoms with Gasteiger partial charge in [0.25, 0.3) is 0 Å². The maximum Gasteiger partial charge on any atom is 0.244 e. The number of pyridine rings is 1. The van der Waals surface area contributed by atoms with Crippen LogP contribution in [0.15, 0.2) is 54.7 Å². The van der Waals surface area contributed by atoms with Gasteiger partial charge in [-0.2, -0.15) is 5.10 Å². The number of nitrogens with zero attached hydrogens (tertiary/aromatic N) is 5. The standard InChI is InChI=1S/C22H24ClN5O/c1-2-19-15-20(17-6-5-7-18(23)14-17)25-28(19)16-22(29)27-12-10-26(11-13-27)21-8-3-4-9-24-21/h3-9,14-15H,2,10-13,16H2,1H3. The Kier molecular flexibility index (Phi) is 5.81. The van der Waals surface area contributed by atoms with E-state index < -0.39 is 0 Å². The number of carbonyl (C=O) groups is 1. The maximum atomic E-state index is 12.9. The second-order valence-corrected chi connectivity index (χ2v) is 7.53. The first-order chi connectivity index (χ1) is 14.1. The molecule has 0 bridgehead atoms. The minimum Gasteiger partial charge on any atom is -0.353 e. The number of piperazine rings is 1. The Bertz CT molecular complexity index is 980. The number of amides is 1. The molecule has 6 nitrogen and oxygen atoms in total. The second kappa shape index (κ2) is 8.66. The Morgan fingerprint density at radius 3 is 2.59 bits per heavy atom. The molecule has 29 heavy (non-hydrogen) atoms. The van der Waals surface area contributed by atoms with Gasteiger partial charge in [-0.25, -0.2) is 4.98 Å². The van der Waals surface area contributed by atoms with E-state index >= 15 is 0 Å². The number of carbonyl (C=O) groups excluding carboxylic acids is 1. The predicted octanol–water partition coefficient (Wildman–Crippen LogP) is 3.51. The van der Waals surface area contributed by atoms with Crippen molar-refractivity contribution in [2.24, 2.45) is 0 Å². The number of aromatic nitrogens is 3. The third-order valence-electron chi connectivity index (χ3n) is 5.24. The highest BCUT2D eigenvalue weighted by Gasteiger charge is 2.23. The quantitative estimate of drug-likeness (QED) is 0.647. The van der Waals surface area contributed by atoms with Crippen LogP contribution in [0.25, 0.3) is 11.3 Å². The lowest BCUT2D eigenvalue weighted by Crippen LogP contribution is -2.50. The van der Waals surface area contributed by atoms with Gasteiger partial charge in [0, 0.05) is 48.7 Å². The van der Waals surface area contributed by atoms with E-state index in [1.807, 2.05) is 58.1 Å². The molecule has 3 heterocycles. The molecular formula is C22H24ClN5O. The van der Waals surface area contributed by atoms with Crippen LogP contribution >= 0.6 is 11.6 Å². The van der Waals surface area contributed by atoms with E-state index in [-0.39, 0.29) is 12.5 Å². The minimum atomic E-state index is 0.0983. The van der Waals surface area contributed by atoms with Crippen molar-refractivity contribution in [3.05, 3.63) is 65.4 Å². The van der Waals surface area contributed by atoms with Gasteiger partial charge in [0.2, 0.25) is 5.91 Å². The number of anilines is 1. The molecule has 1 saturated heterocycles. The number of rotatable bonds is 5. The molecule has 7 heteroatoms. The van der Waals surface area contributed by atoms with Crippen molar-refractivity contribution in [1.82, 2.24) is 19.7 Å². The van der Waals surface area contributed by atoms with E-state index in [0.717, 1.165) is 42.3 Å². The highest BCUT2D eigenvalue weighted by atomic mass is 35.5. The zero-order valence-corrected chi connectivity index (χ0v) is 17.2. The topological polar surface area (TPSA) is 54.3 Å². The molecular weight excluding hydrogens is 386 g/mol. The molecule has 1 aliphatic heterocycles. The van der Waals surface area contributed by atoms with Crippen LogP contribution in [0, 0.1) is 0 Å². The number of benzene rings is 1. The second-order valence-electron chi connectivity index (χ2n) is 7.10. The Hall–Kier alpha value is -2.86. The van der Waals surface area contributed by atoms with Crippen molar-refractivity contribution < 1.29 is 4.79 Å². The normalized spacial score (nSPS) is 14.3. The molecule has 0 aliphatic carbocycles. The van der Waals surface area contributed by atoms with Crippen molar-refractivity contribution >= 4 is 23.3 Å². The molecule has 0 radical (unpaired) electrons. The van der Waals surface area contributed by atoms with Gasteiger partial charge in [0.1, 0.15) is 12.4 Å². The van der Waals surface area contributed by atoms with E-state index in [9.17, 15) is 4.79 Å². The Balaban J connectivity index is 1.42. The summed E-state index contributed by atoms with van der Waals surface area (Å²) in [5.41, 5.74) is 2.85. The minimum absolute atomic E-state index is 0.0983. The zero-order chi connectivity index (χ0) is 20.2. The van der Waals surface area contributed by atoms with Gasteiger partial charge in [0.05, 0.1) is 5.69 Å². The van der Waals surface area contributed by atoms with Gasteiger partial charge < -0.3 is 9.80 Å². The van der Waals surface area contributed by atoms with Gasteiger partial charge in [0.15, 0.2) is 0 Å². The van der Waals surface area contributed by atoms with Crippen molar-refractivity contribution in [2.75, 3.05) is 31.1 Å². The summed E-state index contributed by atoms with van der Waals surface area (Å²) in [7, 11) is 0. The molecule has 2 aromatic heterocycles. The highest BCUT2D eigenvalue weighted by Crippen LogP contribution is 2.23. The number of hydrogen-bond acceptors (Lipinski definition) is 4. The number of hydrogen-bond donors (Lipinski definition) is 0. The molecule has 150 valence electrons. The molecule has 0 N–H and O–H groups in total. The van der Waals surface area contributed by atoms with Crippen molar-refractivity contribution in [3.8, 4) is 11.3 Å². The lowest BCUT2D eigenvalue weighted by Gasteiger charge is -2.35. The van der Waals surface area contributed by atoms with Gasteiger partial charge in [-0.1, -0.05) is 36.7 Å². The smallest absolute Gasteiger partial charge is 0.244 e.